The lowest BCUT2D eigenvalue weighted by Crippen LogP contribution is -2.02. The molecule has 0 fully saturated rings. The molecule has 130 valence electrons. The van der Waals surface area contributed by atoms with Crippen LogP contribution in [0.15, 0.2) is 48.0 Å². The molecule has 0 atom stereocenters. The van der Waals surface area contributed by atoms with E-state index in [0.717, 1.165) is 21.5 Å². The maximum absolute atomic E-state index is 6.13. The predicted octanol–water partition coefficient (Wildman–Crippen LogP) is 4.74. The van der Waals surface area contributed by atoms with Gasteiger partial charge in [-0.05, 0) is 36.4 Å². The van der Waals surface area contributed by atoms with Gasteiger partial charge in [-0.2, -0.15) is 4.98 Å². The minimum Gasteiger partial charge on any atom is -0.496 e. The summed E-state index contributed by atoms with van der Waals surface area (Å²) in [5.41, 5.74) is 11.0. The SMILES string of the molecule is COc1ccc(Cl)cc1-c1cc(Nc2ccc3ncsc3c2)nc(N)n1. The third kappa shape index (κ3) is 3.26. The van der Waals surface area contributed by atoms with Gasteiger partial charge >= 0.3 is 0 Å². The van der Waals surface area contributed by atoms with E-state index in [-0.39, 0.29) is 5.95 Å². The molecule has 0 aliphatic carbocycles. The molecule has 0 unspecified atom stereocenters. The summed E-state index contributed by atoms with van der Waals surface area (Å²) >= 11 is 7.71. The Kier molecular flexibility index (Phi) is 4.32. The molecule has 0 aliphatic rings. The van der Waals surface area contributed by atoms with Crippen molar-refractivity contribution in [2.24, 2.45) is 0 Å². The molecular weight excluding hydrogens is 370 g/mol. The van der Waals surface area contributed by atoms with Crippen LogP contribution in [0.1, 0.15) is 0 Å². The van der Waals surface area contributed by atoms with Gasteiger partial charge in [0.25, 0.3) is 0 Å². The first-order valence-electron chi connectivity index (χ1n) is 7.71. The molecule has 8 heteroatoms. The molecule has 0 radical (unpaired) electrons. The summed E-state index contributed by atoms with van der Waals surface area (Å²) in [6.07, 6.45) is 0. The standard InChI is InChI=1S/C18H14ClN5OS/c1-25-15-5-2-10(19)6-12(15)14-8-17(24-18(20)23-14)22-11-3-4-13-16(7-11)26-9-21-13/h2-9H,1H3,(H3,20,22,23,24). The van der Waals surface area contributed by atoms with E-state index in [1.165, 1.54) is 0 Å². The number of nitrogens with zero attached hydrogens (tertiary/aromatic N) is 3. The van der Waals surface area contributed by atoms with Crippen LogP contribution in [-0.4, -0.2) is 22.1 Å². The van der Waals surface area contributed by atoms with Gasteiger partial charge in [0.2, 0.25) is 5.95 Å². The maximum Gasteiger partial charge on any atom is 0.222 e. The minimum absolute atomic E-state index is 0.158. The van der Waals surface area contributed by atoms with E-state index in [2.05, 4.69) is 20.3 Å². The molecule has 0 spiro atoms. The number of nitrogen functional groups attached to an aromatic ring is 1. The van der Waals surface area contributed by atoms with Crippen molar-refractivity contribution in [3.63, 3.8) is 0 Å². The number of nitrogens with two attached hydrogens (primary N) is 1. The van der Waals surface area contributed by atoms with Gasteiger partial charge < -0.3 is 15.8 Å². The molecule has 2 heterocycles. The van der Waals surface area contributed by atoms with E-state index < -0.39 is 0 Å². The highest BCUT2D eigenvalue weighted by atomic mass is 35.5. The van der Waals surface area contributed by atoms with Gasteiger partial charge in [0.1, 0.15) is 11.6 Å². The number of fused-ring (bicyclic) bond motifs is 1. The van der Waals surface area contributed by atoms with Gasteiger partial charge in [-0.1, -0.05) is 11.6 Å². The van der Waals surface area contributed by atoms with Crippen molar-refractivity contribution in [2.75, 3.05) is 18.2 Å². The number of aromatic nitrogens is 3. The minimum atomic E-state index is 0.158. The van der Waals surface area contributed by atoms with Crippen molar-refractivity contribution in [1.29, 1.82) is 0 Å². The normalized spacial score (nSPS) is 10.8. The van der Waals surface area contributed by atoms with E-state index in [1.807, 2.05) is 23.7 Å². The predicted molar refractivity (Wildman–Crippen MR) is 106 cm³/mol. The fraction of sp³-hybridized carbons (Fsp3) is 0.0556. The number of nitrogens with one attached hydrogen (secondary N) is 1. The zero-order valence-corrected chi connectivity index (χ0v) is 15.3. The van der Waals surface area contributed by atoms with Gasteiger partial charge in [0, 0.05) is 22.3 Å². The van der Waals surface area contributed by atoms with Crippen LogP contribution in [-0.2, 0) is 0 Å². The Labute approximate surface area is 158 Å². The Morgan fingerprint density at radius 3 is 2.85 bits per heavy atom. The number of rotatable bonds is 4. The molecule has 0 aliphatic heterocycles. The van der Waals surface area contributed by atoms with Crippen LogP contribution in [0.4, 0.5) is 17.5 Å². The summed E-state index contributed by atoms with van der Waals surface area (Å²) < 4.78 is 6.50. The van der Waals surface area contributed by atoms with Crippen LogP contribution in [0.25, 0.3) is 21.5 Å². The second-order valence-corrected chi connectivity index (χ2v) is 6.82. The molecule has 0 amide bonds. The second-order valence-electron chi connectivity index (χ2n) is 5.50. The molecular formula is C18H14ClN5OS. The highest BCUT2D eigenvalue weighted by Crippen LogP contribution is 2.33. The highest BCUT2D eigenvalue weighted by Gasteiger charge is 2.11. The number of anilines is 3. The Balaban J connectivity index is 1.73. The van der Waals surface area contributed by atoms with E-state index in [4.69, 9.17) is 22.1 Å². The average molecular weight is 384 g/mol. The molecule has 2 aromatic heterocycles. The Bertz CT molecular complexity index is 1100. The quantitative estimate of drug-likeness (QED) is 0.529. The number of thiazole rings is 1. The smallest absolute Gasteiger partial charge is 0.222 e. The summed E-state index contributed by atoms with van der Waals surface area (Å²) in [6, 6.07) is 13.1. The van der Waals surface area contributed by atoms with Crippen LogP contribution in [0, 0.1) is 0 Å². The Morgan fingerprint density at radius 1 is 1.12 bits per heavy atom. The molecule has 26 heavy (non-hydrogen) atoms. The summed E-state index contributed by atoms with van der Waals surface area (Å²) in [6.45, 7) is 0. The lowest BCUT2D eigenvalue weighted by molar-refractivity contribution is 0.416. The number of halogens is 1. The Hall–Kier alpha value is -2.90. The zero-order chi connectivity index (χ0) is 18.1. The van der Waals surface area contributed by atoms with Crippen molar-refractivity contribution in [3.8, 4) is 17.0 Å². The Morgan fingerprint density at radius 2 is 2.00 bits per heavy atom. The molecule has 0 saturated carbocycles. The third-order valence-corrected chi connectivity index (χ3v) is 4.81. The van der Waals surface area contributed by atoms with E-state index in [9.17, 15) is 0 Å². The number of hydrogen-bond donors (Lipinski definition) is 2. The fourth-order valence-corrected chi connectivity index (χ4v) is 3.52. The fourth-order valence-electron chi connectivity index (χ4n) is 2.63. The van der Waals surface area contributed by atoms with Gasteiger partial charge in [0.05, 0.1) is 28.5 Å². The number of ether oxygens (including phenoxy) is 1. The maximum atomic E-state index is 6.13. The first kappa shape index (κ1) is 16.6. The van der Waals surface area contributed by atoms with Crippen LogP contribution < -0.4 is 15.8 Å². The molecule has 6 nitrogen and oxygen atoms in total. The van der Waals surface area contributed by atoms with Gasteiger partial charge in [-0.3, -0.25) is 0 Å². The molecule has 4 rings (SSSR count). The van der Waals surface area contributed by atoms with Crippen LogP contribution >= 0.6 is 22.9 Å². The largest absolute Gasteiger partial charge is 0.496 e. The van der Waals surface area contributed by atoms with Crippen molar-refractivity contribution >= 4 is 50.6 Å². The zero-order valence-electron chi connectivity index (χ0n) is 13.7. The van der Waals surface area contributed by atoms with Crippen LogP contribution in [0.2, 0.25) is 5.02 Å². The van der Waals surface area contributed by atoms with Crippen LogP contribution in [0.3, 0.4) is 0 Å². The third-order valence-electron chi connectivity index (χ3n) is 3.78. The topological polar surface area (TPSA) is 86.0 Å². The molecule has 3 N–H and O–H groups in total. The molecule has 2 aromatic carbocycles. The summed E-state index contributed by atoms with van der Waals surface area (Å²) in [4.78, 5) is 12.9. The first-order chi connectivity index (χ1) is 12.6. The van der Waals surface area contributed by atoms with Gasteiger partial charge in [-0.15, -0.1) is 11.3 Å². The van der Waals surface area contributed by atoms with Gasteiger partial charge in [0.15, 0.2) is 0 Å². The highest BCUT2D eigenvalue weighted by molar-refractivity contribution is 7.16. The van der Waals surface area contributed by atoms with E-state index in [0.29, 0.717) is 22.3 Å². The lowest BCUT2D eigenvalue weighted by atomic mass is 10.1. The van der Waals surface area contributed by atoms with E-state index in [1.54, 1.807) is 42.7 Å². The van der Waals surface area contributed by atoms with Crippen molar-refractivity contribution in [3.05, 3.63) is 53.0 Å². The molecule has 0 bridgehead atoms. The average Bonchev–Trinajstić information content (AvgIpc) is 3.09. The number of methoxy groups -OCH3 is 1. The lowest BCUT2D eigenvalue weighted by Gasteiger charge is -2.11. The van der Waals surface area contributed by atoms with Gasteiger partial charge in [-0.25, -0.2) is 9.97 Å². The summed E-state index contributed by atoms with van der Waals surface area (Å²) in [5, 5.41) is 3.85. The van der Waals surface area contributed by atoms with Crippen molar-refractivity contribution in [1.82, 2.24) is 15.0 Å². The summed E-state index contributed by atoms with van der Waals surface area (Å²) in [5.74, 6) is 1.40. The monoisotopic (exact) mass is 383 g/mol. The second kappa shape index (κ2) is 6.78. The van der Waals surface area contributed by atoms with Crippen molar-refractivity contribution in [2.45, 2.75) is 0 Å². The first-order valence-corrected chi connectivity index (χ1v) is 8.97. The number of hydrogen-bond acceptors (Lipinski definition) is 7. The molecule has 0 saturated heterocycles. The van der Waals surface area contributed by atoms with E-state index >= 15 is 0 Å². The van der Waals surface area contributed by atoms with Crippen LogP contribution in [0.5, 0.6) is 5.75 Å². The molecule has 4 aromatic rings. The summed E-state index contributed by atoms with van der Waals surface area (Å²) in [7, 11) is 1.60. The number of benzene rings is 2. The van der Waals surface area contributed by atoms with Crippen molar-refractivity contribution < 1.29 is 4.74 Å².